The monoisotopic (exact) mass is 344 g/mol. The van der Waals surface area contributed by atoms with E-state index in [1.807, 2.05) is 35.2 Å². The van der Waals surface area contributed by atoms with E-state index in [4.69, 9.17) is 0 Å². The summed E-state index contributed by atoms with van der Waals surface area (Å²) < 4.78 is 0. The second-order valence-electron chi connectivity index (χ2n) is 7.83. The summed E-state index contributed by atoms with van der Waals surface area (Å²) in [6.07, 6.45) is 5.32. The molecule has 2 aliphatic rings. The molecule has 2 aliphatic heterocycles. The van der Waals surface area contributed by atoms with Crippen molar-refractivity contribution in [2.75, 3.05) is 19.6 Å². The number of rotatable bonds is 6. The van der Waals surface area contributed by atoms with Crippen LogP contribution in [0.4, 0.5) is 0 Å². The number of benzene rings is 1. The summed E-state index contributed by atoms with van der Waals surface area (Å²) in [5.74, 6) is 1.33. The lowest BCUT2D eigenvalue weighted by Gasteiger charge is -2.31. The van der Waals surface area contributed by atoms with Crippen LogP contribution in [-0.2, 0) is 4.79 Å². The zero-order valence-electron chi connectivity index (χ0n) is 15.4. The Morgan fingerprint density at radius 3 is 2.80 bits per heavy atom. The number of aliphatic hydroxyl groups excluding tert-OH is 1. The molecule has 0 saturated carbocycles. The highest BCUT2D eigenvalue weighted by atomic mass is 16.3. The van der Waals surface area contributed by atoms with Gasteiger partial charge in [-0.25, -0.2) is 0 Å². The molecule has 138 valence electrons. The average Bonchev–Trinajstić information content (AvgIpc) is 3.11. The van der Waals surface area contributed by atoms with Gasteiger partial charge in [-0.3, -0.25) is 4.79 Å². The summed E-state index contributed by atoms with van der Waals surface area (Å²) in [7, 11) is 0. The van der Waals surface area contributed by atoms with Crippen LogP contribution in [0.1, 0.15) is 57.1 Å². The summed E-state index contributed by atoms with van der Waals surface area (Å²) in [6.45, 7) is 5.23. The number of nitrogens with one attached hydrogen (secondary N) is 1. The number of hydrogen-bond donors (Lipinski definition) is 2. The van der Waals surface area contributed by atoms with E-state index in [1.165, 1.54) is 12.8 Å². The molecule has 4 nitrogen and oxygen atoms in total. The van der Waals surface area contributed by atoms with Gasteiger partial charge in [-0.05, 0) is 62.6 Å². The SMILES string of the molecule is CC(CC(=O)N1CCCC1CC(O)c1ccccc1)C1CCCNC1. The Kier molecular flexibility index (Phi) is 6.49. The Hall–Kier alpha value is -1.39. The first-order valence-corrected chi connectivity index (χ1v) is 9.88. The van der Waals surface area contributed by atoms with Crippen LogP contribution in [0.15, 0.2) is 30.3 Å². The van der Waals surface area contributed by atoms with Crippen LogP contribution in [0.5, 0.6) is 0 Å². The molecule has 2 fully saturated rings. The first-order valence-electron chi connectivity index (χ1n) is 9.88. The van der Waals surface area contributed by atoms with Gasteiger partial charge in [-0.1, -0.05) is 37.3 Å². The third-order valence-electron chi connectivity index (χ3n) is 6.01. The van der Waals surface area contributed by atoms with Crippen LogP contribution in [0.3, 0.4) is 0 Å². The zero-order chi connectivity index (χ0) is 17.6. The third-order valence-corrected chi connectivity index (χ3v) is 6.01. The Bertz CT molecular complexity index is 542. The molecule has 25 heavy (non-hydrogen) atoms. The number of carbonyl (C=O) groups excluding carboxylic acids is 1. The molecular formula is C21H32N2O2. The van der Waals surface area contributed by atoms with Gasteiger partial charge in [-0.2, -0.15) is 0 Å². The minimum absolute atomic E-state index is 0.180. The Morgan fingerprint density at radius 2 is 2.08 bits per heavy atom. The lowest BCUT2D eigenvalue weighted by molar-refractivity contribution is -0.133. The number of nitrogens with zero attached hydrogens (tertiary/aromatic N) is 1. The Balaban J connectivity index is 1.54. The van der Waals surface area contributed by atoms with Gasteiger partial charge in [0, 0.05) is 19.0 Å². The van der Waals surface area contributed by atoms with Gasteiger partial charge in [0.15, 0.2) is 0 Å². The third kappa shape index (κ3) is 4.83. The number of piperidine rings is 1. The molecule has 0 spiro atoms. The second-order valence-corrected chi connectivity index (χ2v) is 7.83. The van der Waals surface area contributed by atoms with Gasteiger partial charge < -0.3 is 15.3 Å². The minimum Gasteiger partial charge on any atom is -0.388 e. The van der Waals surface area contributed by atoms with Crippen LogP contribution in [-0.4, -0.2) is 41.6 Å². The first kappa shape index (κ1) is 18.4. The molecular weight excluding hydrogens is 312 g/mol. The van der Waals surface area contributed by atoms with Crippen LogP contribution in [0.25, 0.3) is 0 Å². The van der Waals surface area contributed by atoms with Crippen molar-refractivity contribution in [1.29, 1.82) is 0 Å². The molecule has 2 N–H and O–H groups in total. The van der Waals surface area contributed by atoms with Crippen LogP contribution < -0.4 is 5.32 Å². The van der Waals surface area contributed by atoms with Gasteiger partial charge in [-0.15, -0.1) is 0 Å². The molecule has 3 rings (SSSR count). The van der Waals surface area contributed by atoms with Gasteiger partial charge in [0.2, 0.25) is 5.91 Å². The lowest BCUT2D eigenvalue weighted by atomic mass is 9.85. The summed E-state index contributed by atoms with van der Waals surface area (Å²) in [5, 5.41) is 14.0. The summed E-state index contributed by atoms with van der Waals surface area (Å²) >= 11 is 0. The van der Waals surface area contributed by atoms with E-state index in [1.54, 1.807) is 0 Å². The highest BCUT2D eigenvalue weighted by Crippen LogP contribution is 2.30. The Labute approximate surface area is 151 Å². The van der Waals surface area contributed by atoms with E-state index in [0.717, 1.165) is 38.0 Å². The van der Waals surface area contributed by atoms with Crippen molar-refractivity contribution in [2.24, 2.45) is 11.8 Å². The predicted octanol–water partition coefficient (Wildman–Crippen LogP) is 3.13. The van der Waals surface area contributed by atoms with E-state index < -0.39 is 6.10 Å². The molecule has 4 unspecified atom stereocenters. The number of carbonyl (C=O) groups is 1. The summed E-state index contributed by atoms with van der Waals surface area (Å²) in [4.78, 5) is 14.9. The van der Waals surface area contributed by atoms with E-state index in [-0.39, 0.29) is 11.9 Å². The van der Waals surface area contributed by atoms with Gasteiger partial charge >= 0.3 is 0 Å². The van der Waals surface area contributed by atoms with E-state index in [0.29, 0.717) is 24.7 Å². The largest absolute Gasteiger partial charge is 0.388 e. The molecule has 0 bridgehead atoms. The van der Waals surface area contributed by atoms with Crippen LogP contribution >= 0.6 is 0 Å². The van der Waals surface area contributed by atoms with Crippen molar-refractivity contribution in [3.05, 3.63) is 35.9 Å². The molecule has 4 heteroatoms. The maximum absolute atomic E-state index is 12.9. The molecule has 4 atom stereocenters. The normalized spacial score (nSPS) is 26.4. The van der Waals surface area contributed by atoms with Gasteiger partial charge in [0.1, 0.15) is 0 Å². The maximum atomic E-state index is 12.9. The summed E-state index contributed by atoms with van der Waals surface area (Å²) in [5.41, 5.74) is 0.948. The van der Waals surface area contributed by atoms with Crippen molar-refractivity contribution in [3.8, 4) is 0 Å². The van der Waals surface area contributed by atoms with E-state index in [2.05, 4.69) is 12.2 Å². The smallest absolute Gasteiger partial charge is 0.223 e. The molecule has 1 amide bonds. The number of hydrogen-bond acceptors (Lipinski definition) is 3. The van der Waals surface area contributed by atoms with Gasteiger partial charge in [0.05, 0.1) is 6.10 Å². The standard InChI is InChI=1S/C21H32N2O2/c1-16(18-9-5-11-22-15-18)13-21(25)23-12-6-10-19(23)14-20(24)17-7-3-2-4-8-17/h2-4,7-8,16,18-20,22,24H,5-6,9-15H2,1H3. The quantitative estimate of drug-likeness (QED) is 0.834. The maximum Gasteiger partial charge on any atom is 0.223 e. The van der Waals surface area contributed by atoms with Crippen molar-refractivity contribution in [2.45, 2.75) is 57.6 Å². The number of aliphatic hydroxyl groups is 1. The fourth-order valence-corrected chi connectivity index (χ4v) is 4.40. The number of amides is 1. The molecule has 1 aromatic carbocycles. The molecule has 2 heterocycles. The molecule has 0 aromatic heterocycles. The van der Waals surface area contributed by atoms with E-state index >= 15 is 0 Å². The molecule has 1 aromatic rings. The fraction of sp³-hybridized carbons (Fsp3) is 0.667. The van der Waals surface area contributed by atoms with Crippen molar-refractivity contribution < 1.29 is 9.90 Å². The van der Waals surface area contributed by atoms with Crippen LogP contribution in [0.2, 0.25) is 0 Å². The summed E-state index contributed by atoms with van der Waals surface area (Å²) in [6, 6.07) is 9.97. The number of likely N-dealkylation sites (tertiary alicyclic amines) is 1. The van der Waals surface area contributed by atoms with Gasteiger partial charge in [0.25, 0.3) is 0 Å². The van der Waals surface area contributed by atoms with Crippen molar-refractivity contribution in [1.82, 2.24) is 10.2 Å². The highest BCUT2D eigenvalue weighted by molar-refractivity contribution is 5.77. The van der Waals surface area contributed by atoms with E-state index in [9.17, 15) is 9.90 Å². The van der Waals surface area contributed by atoms with Crippen LogP contribution in [0, 0.1) is 11.8 Å². The topological polar surface area (TPSA) is 52.6 Å². The predicted molar refractivity (Wildman–Crippen MR) is 100 cm³/mol. The highest BCUT2D eigenvalue weighted by Gasteiger charge is 2.32. The lowest BCUT2D eigenvalue weighted by Crippen LogP contribution is -2.39. The van der Waals surface area contributed by atoms with Crippen molar-refractivity contribution in [3.63, 3.8) is 0 Å². The average molecular weight is 344 g/mol. The molecule has 0 aliphatic carbocycles. The minimum atomic E-state index is -0.487. The molecule has 0 radical (unpaired) electrons. The molecule has 2 saturated heterocycles. The second kappa shape index (κ2) is 8.81. The fourth-order valence-electron chi connectivity index (χ4n) is 4.40. The van der Waals surface area contributed by atoms with Crippen molar-refractivity contribution >= 4 is 5.91 Å². The Morgan fingerprint density at radius 1 is 1.28 bits per heavy atom. The first-order chi connectivity index (χ1) is 12.1. The zero-order valence-corrected chi connectivity index (χ0v) is 15.4.